The fourth-order valence-corrected chi connectivity index (χ4v) is 1.21. The fourth-order valence-electron chi connectivity index (χ4n) is 0.758. The molecule has 0 spiro atoms. The van der Waals surface area contributed by atoms with E-state index in [2.05, 4.69) is 25.9 Å². The van der Waals surface area contributed by atoms with Gasteiger partial charge in [0.1, 0.15) is 0 Å². The smallest absolute Gasteiger partial charge is 0.211 e. The van der Waals surface area contributed by atoms with Crippen molar-refractivity contribution in [1.82, 2.24) is 0 Å². The molecule has 0 atom stereocenters. The van der Waals surface area contributed by atoms with Crippen LogP contribution in [0.1, 0.15) is 0 Å². The maximum atomic E-state index is 9.94. The van der Waals surface area contributed by atoms with Crippen molar-refractivity contribution in [2.75, 3.05) is 0 Å². The van der Waals surface area contributed by atoms with E-state index >= 15 is 0 Å². The molecule has 0 aromatic heterocycles. The number of carbonyl (C=O) groups excluding carboxylic acids is 2. The third-order valence-electron chi connectivity index (χ3n) is 1.27. The molecular weight excluding hydrogens is 236 g/mol. The van der Waals surface area contributed by atoms with Gasteiger partial charge in [0, 0.05) is 4.47 Å². The summed E-state index contributed by atoms with van der Waals surface area (Å²) in [7, 11) is 0. The normalized spacial score (nSPS) is 8.38. The van der Waals surface area contributed by atoms with Crippen LogP contribution in [0.25, 0.3) is 0 Å². The highest BCUT2D eigenvalue weighted by Crippen LogP contribution is 2.28. The summed E-state index contributed by atoms with van der Waals surface area (Å²) in [5, 5.41) is 0. The standard InChI is InChI=1S/C8H3BrN2O2/c9-7-3-6(10-4-12)1-2-8(7)11-5-13/h1-3H. The predicted octanol–water partition coefficient (Wildman–Crippen LogP) is 2.38. The summed E-state index contributed by atoms with van der Waals surface area (Å²) >= 11 is 3.16. The van der Waals surface area contributed by atoms with Gasteiger partial charge in [-0.15, -0.1) is 0 Å². The molecule has 0 radical (unpaired) electrons. The third-order valence-corrected chi connectivity index (χ3v) is 1.91. The SMILES string of the molecule is O=C=Nc1ccc(N=C=O)c(Br)c1. The average molecular weight is 239 g/mol. The van der Waals surface area contributed by atoms with Crippen molar-refractivity contribution in [2.24, 2.45) is 9.98 Å². The molecule has 1 aromatic rings. The number of nitrogens with zero attached hydrogens (tertiary/aromatic N) is 2. The van der Waals surface area contributed by atoms with Crippen LogP contribution in [0.15, 0.2) is 32.7 Å². The molecule has 0 bridgehead atoms. The molecule has 5 heteroatoms. The van der Waals surface area contributed by atoms with Gasteiger partial charge in [-0.2, -0.15) is 9.98 Å². The third kappa shape index (κ3) is 2.46. The van der Waals surface area contributed by atoms with Crippen LogP contribution in [-0.2, 0) is 9.59 Å². The van der Waals surface area contributed by atoms with Gasteiger partial charge in [0.25, 0.3) is 0 Å². The second-order valence-corrected chi connectivity index (χ2v) is 2.90. The first kappa shape index (κ1) is 9.55. The Hall–Kier alpha value is -1.54. The highest BCUT2D eigenvalue weighted by molar-refractivity contribution is 9.10. The molecule has 64 valence electrons. The van der Waals surface area contributed by atoms with Gasteiger partial charge in [0.15, 0.2) is 0 Å². The molecule has 13 heavy (non-hydrogen) atoms. The summed E-state index contributed by atoms with van der Waals surface area (Å²) in [6, 6.07) is 4.65. The Morgan fingerprint density at radius 2 is 1.85 bits per heavy atom. The van der Waals surface area contributed by atoms with E-state index in [0.717, 1.165) is 0 Å². The van der Waals surface area contributed by atoms with Gasteiger partial charge in [-0.05, 0) is 34.1 Å². The van der Waals surface area contributed by atoms with E-state index in [0.29, 0.717) is 15.8 Å². The molecule has 1 rings (SSSR count). The summed E-state index contributed by atoms with van der Waals surface area (Å²) < 4.78 is 0.576. The zero-order chi connectivity index (χ0) is 9.68. The van der Waals surface area contributed by atoms with Gasteiger partial charge < -0.3 is 0 Å². The molecule has 0 amide bonds. The highest BCUT2D eigenvalue weighted by atomic mass is 79.9. The van der Waals surface area contributed by atoms with Gasteiger partial charge in [-0.25, -0.2) is 9.59 Å². The zero-order valence-corrected chi connectivity index (χ0v) is 7.91. The van der Waals surface area contributed by atoms with Crippen LogP contribution in [0.2, 0.25) is 0 Å². The first-order valence-corrected chi connectivity index (χ1v) is 4.02. The Balaban J connectivity index is 3.19. The number of benzene rings is 1. The second-order valence-electron chi connectivity index (χ2n) is 2.04. The summed E-state index contributed by atoms with van der Waals surface area (Å²) in [5.74, 6) is 0. The van der Waals surface area contributed by atoms with Gasteiger partial charge in [0.05, 0.1) is 11.4 Å². The number of hydrogen-bond donors (Lipinski definition) is 0. The summed E-state index contributed by atoms with van der Waals surface area (Å²) in [6.07, 6.45) is 2.82. The molecule has 0 N–H and O–H groups in total. The van der Waals surface area contributed by atoms with Crippen molar-refractivity contribution in [2.45, 2.75) is 0 Å². The molecule has 0 fully saturated rings. The summed E-state index contributed by atoms with van der Waals surface area (Å²) in [6.45, 7) is 0. The maximum absolute atomic E-state index is 9.94. The van der Waals surface area contributed by atoms with Crippen LogP contribution < -0.4 is 0 Å². The number of isocyanates is 2. The van der Waals surface area contributed by atoms with Crippen LogP contribution in [-0.4, -0.2) is 12.2 Å². The molecule has 0 heterocycles. The van der Waals surface area contributed by atoms with Gasteiger partial charge in [-0.3, -0.25) is 0 Å². The molecule has 1 aromatic carbocycles. The molecule has 0 saturated carbocycles. The number of halogens is 1. The number of rotatable bonds is 2. The Kier molecular flexibility index (Phi) is 3.29. The van der Waals surface area contributed by atoms with Crippen LogP contribution in [0.5, 0.6) is 0 Å². The van der Waals surface area contributed by atoms with Crippen LogP contribution in [0.3, 0.4) is 0 Å². The Bertz CT molecular complexity index is 418. The second kappa shape index (κ2) is 4.48. The van der Waals surface area contributed by atoms with Crippen molar-refractivity contribution in [3.63, 3.8) is 0 Å². The van der Waals surface area contributed by atoms with E-state index in [-0.39, 0.29) is 0 Å². The van der Waals surface area contributed by atoms with Crippen LogP contribution in [0.4, 0.5) is 11.4 Å². The molecule has 0 aliphatic rings. The lowest BCUT2D eigenvalue weighted by molar-refractivity contribution is 0.564. The average Bonchev–Trinajstić information content (AvgIpc) is 2.10. The van der Waals surface area contributed by atoms with E-state index in [1.54, 1.807) is 18.2 Å². The van der Waals surface area contributed by atoms with Gasteiger partial charge in [-0.1, -0.05) is 0 Å². The summed E-state index contributed by atoms with van der Waals surface area (Å²) in [4.78, 5) is 26.7. The minimum absolute atomic E-state index is 0.444. The topological polar surface area (TPSA) is 58.9 Å². The molecule has 0 saturated heterocycles. The van der Waals surface area contributed by atoms with Crippen LogP contribution >= 0.6 is 15.9 Å². The number of aliphatic imine (C=N–C) groups is 2. The predicted molar refractivity (Wildman–Crippen MR) is 49.7 cm³/mol. The largest absolute Gasteiger partial charge is 0.240 e. The maximum Gasteiger partial charge on any atom is 0.240 e. The minimum Gasteiger partial charge on any atom is -0.211 e. The van der Waals surface area contributed by atoms with Gasteiger partial charge in [0.2, 0.25) is 12.2 Å². The Labute approximate surface area is 82.1 Å². The fraction of sp³-hybridized carbons (Fsp3) is 0. The van der Waals surface area contributed by atoms with E-state index in [9.17, 15) is 9.59 Å². The van der Waals surface area contributed by atoms with Crippen molar-refractivity contribution in [3.8, 4) is 0 Å². The molecule has 0 aliphatic heterocycles. The molecular formula is C8H3BrN2O2. The van der Waals surface area contributed by atoms with Crippen molar-refractivity contribution >= 4 is 39.5 Å². The molecule has 4 nitrogen and oxygen atoms in total. The molecule has 0 unspecified atom stereocenters. The first-order chi connectivity index (χ1) is 6.27. The van der Waals surface area contributed by atoms with Crippen molar-refractivity contribution in [1.29, 1.82) is 0 Å². The van der Waals surface area contributed by atoms with E-state index in [4.69, 9.17) is 0 Å². The Morgan fingerprint density at radius 1 is 1.15 bits per heavy atom. The first-order valence-electron chi connectivity index (χ1n) is 3.23. The highest BCUT2D eigenvalue weighted by Gasteiger charge is 1.98. The zero-order valence-electron chi connectivity index (χ0n) is 6.32. The van der Waals surface area contributed by atoms with E-state index < -0.39 is 0 Å². The van der Waals surface area contributed by atoms with Gasteiger partial charge >= 0.3 is 0 Å². The van der Waals surface area contributed by atoms with Crippen LogP contribution in [0, 0.1) is 0 Å². The van der Waals surface area contributed by atoms with E-state index in [1.165, 1.54) is 12.2 Å². The lowest BCUT2D eigenvalue weighted by Crippen LogP contribution is -1.69. The number of hydrogen-bond acceptors (Lipinski definition) is 4. The van der Waals surface area contributed by atoms with Crippen molar-refractivity contribution < 1.29 is 9.59 Å². The van der Waals surface area contributed by atoms with Crippen molar-refractivity contribution in [3.05, 3.63) is 22.7 Å². The lowest BCUT2D eigenvalue weighted by Gasteiger charge is -1.95. The lowest BCUT2D eigenvalue weighted by atomic mass is 10.3. The minimum atomic E-state index is 0.444. The monoisotopic (exact) mass is 238 g/mol. The van der Waals surface area contributed by atoms with E-state index in [1.807, 2.05) is 0 Å². The molecule has 0 aliphatic carbocycles. The quantitative estimate of drug-likeness (QED) is 0.587. The summed E-state index contributed by atoms with van der Waals surface area (Å²) in [5.41, 5.74) is 0.895. The Morgan fingerprint density at radius 3 is 2.38 bits per heavy atom.